The lowest BCUT2D eigenvalue weighted by Crippen LogP contribution is -2.44. The first-order valence-electron chi connectivity index (χ1n) is 8.62. The fourth-order valence-corrected chi connectivity index (χ4v) is 3.96. The van der Waals surface area contributed by atoms with Crippen molar-refractivity contribution in [3.05, 3.63) is 35.4 Å². The number of carboxylic acids is 1. The van der Waals surface area contributed by atoms with Crippen LogP contribution in [0.3, 0.4) is 0 Å². The Labute approximate surface area is 160 Å². The predicted octanol–water partition coefficient (Wildman–Crippen LogP) is 0.698. The molecule has 2 aliphatic rings. The number of carboxylic acid groups (broad SMARTS) is 1. The number of benzene rings is 1. The molecule has 8 nitrogen and oxygen atoms in total. The maximum atomic E-state index is 12.6. The molecule has 4 amide bonds. The average Bonchev–Trinajstić information content (AvgIpc) is 2.88. The Balaban J connectivity index is 1.61. The molecular weight excluding hydrogens is 370 g/mol. The van der Waals surface area contributed by atoms with Crippen molar-refractivity contribution in [2.24, 2.45) is 0 Å². The van der Waals surface area contributed by atoms with Gasteiger partial charge in [0.05, 0.1) is 0 Å². The summed E-state index contributed by atoms with van der Waals surface area (Å²) in [5.74, 6) is -1.66. The van der Waals surface area contributed by atoms with E-state index in [1.807, 2.05) is 24.3 Å². The van der Waals surface area contributed by atoms with Gasteiger partial charge in [-0.05, 0) is 17.4 Å². The van der Waals surface area contributed by atoms with Gasteiger partial charge in [0.25, 0.3) is 5.91 Å². The van der Waals surface area contributed by atoms with Crippen LogP contribution < -0.4 is 5.32 Å². The average molecular weight is 391 g/mol. The fourth-order valence-electron chi connectivity index (χ4n) is 3.40. The molecule has 2 aliphatic heterocycles. The van der Waals surface area contributed by atoms with E-state index < -0.39 is 30.0 Å². The van der Waals surface area contributed by atoms with E-state index >= 15 is 0 Å². The van der Waals surface area contributed by atoms with Crippen LogP contribution in [-0.2, 0) is 27.3 Å². The van der Waals surface area contributed by atoms with Crippen molar-refractivity contribution in [3.8, 4) is 0 Å². The first-order chi connectivity index (χ1) is 12.9. The Bertz CT molecular complexity index is 741. The number of imide groups is 1. The summed E-state index contributed by atoms with van der Waals surface area (Å²) in [6.45, 7) is 0.321. The summed E-state index contributed by atoms with van der Waals surface area (Å²) in [5.41, 5.74) is 2.08. The maximum Gasteiger partial charge on any atom is 0.327 e. The Morgan fingerprint density at radius 1 is 1.30 bits per heavy atom. The van der Waals surface area contributed by atoms with E-state index in [0.717, 1.165) is 16.0 Å². The number of hydrogen-bond acceptors (Lipinski definition) is 5. The number of rotatable bonds is 7. The summed E-state index contributed by atoms with van der Waals surface area (Å²) in [4.78, 5) is 51.0. The Morgan fingerprint density at radius 3 is 2.67 bits per heavy atom. The first kappa shape index (κ1) is 19.2. The topological polar surface area (TPSA) is 107 Å². The SMILES string of the molecule is CSC[C@H](NC(=O)CCN1C(=O)[C@@H]2Cc3ccccc3CN2C1=O)C(=O)O. The van der Waals surface area contributed by atoms with E-state index in [-0.39, 0.29) is 24.6 Å². The number of thioether (sulfide) groups is 1. The van der Waals surface area contributed by atoms with Gasteiger partial charge in [0, 0.05) is 31.7 Å². The van der Waals surface area contributed by atoms with Gasteiger partial charge in [-0.15, -0.1) is 0 Å². The van der Waals surface area contributed by atoms with Crippen LogP contribution in [0.1, 0.15) is 17.5 Å². The molecule has 1 aromatic carbocycles. The summed E-state index contributed by atoms with van der Waals surface area (Å²) in [5, 5.41) is 11.5. The molecule has 2 atom stereocenters. The van der Waals surface area contributed by atoms with Crippen LogP contribution in [0.2, 0.25) is 0 Å². The predicted molar refractivity (Wildman–Crippen MR) is 99.2 cm³/mol. The van der Waals surface area contributed by atoms with Crippen molar-refractivity contribution >= 4 is 35.6 Å². The van der Waals surface area contributed by atoms with Gasteiger partial charge < -0.3 is 15.3 Å². The lowest BCUT2D eigenvalue weighted by Gasteiger charge is -2.28. The molecule has 0 bridgehead atoms. The van der Waals surface area contributed by atoms with Crippen molar-refractivity contribution in [2.75, 3.05) is 18.6 Å². The summed E-state index contributed by atoms with van der Waals surface area (Å²) < 4.78 is 0. The molecule has 0 unspecified atom stereocenters. The second-order valence-electron chi connectivity index (χ2n) is 6.55. The lowest BCUT2D eigenvalue weighted by atomic mass is 9.95. The van der Waals surface area contributed by atoms with Crippen molar-refractivity contribution < 1.29 is 24.3 Å². The molecule has 2 heterocycles. The highest BCUT2D eigenvalue weighted by Crippen LogP contribution is 2.29. The molecule has 2 N–H and O–H groups in total. The van der Waals surface area contributed by atoms with E-state index in [2.05, 4.69) is 5.32 Å². The van der Waals surface area contributed by atoms with Gasteiger partial charge in [0.15, 0.2) is 0 Å². The summed E-state index contributed by atoms with van der Waals surface area (Å²) in [6, 6.07) is 5.79. The highest BCUT2D eigenvalue weighted by Gasteiger charge is 2.46. The zero-order chi connectivity index (χ0) is 19.6. The number of amides is 4. The second-order valence-corrected chi connectivity index (χ2v) is 7.46. The second kappa shape index (κ2) is 7.99. The molecule has 1 saturated heterocycles. The molecule has 3 rings (SSSR count). The van der Waals surface area contributed by atoms with E-state index in [9.17, 15) is 19.2 Å². The van der Waals surface area contributed by atoms with Crippen LogP contribution in [0.5, 0.6) is 0 Å². The van der Waals surface area contributed by atoms with Crippen LogP contribution in [0.4, 0.5) is 4.79 Å². The van der Waals surface area contributed by atoms with E-state index in [0.29, 0.717) is 13.0 Å². The number of nitrogens with one attached hydrogen (secondary N) is 1. The van der Waals surface area contributed by atoms with Gasteiger partial charge in [-0.25, -0.2) is 9.59 Å². The molecule has 27 heavy (non-hydrogen) atoms. The normalized spacial score (nSPS) is 19.5. The van der Waals surface area contributed by atoms with Crippen molar-refractivity contribution in [1.82, 2.24) is 15.1 Å². The fraction of sp³-hybridized carbons (Fsp3) is 0.444. The zero-order valence-electron chi connectivity index (χ0n) is 14.9. The number of hydrogen-bond donors (Lipinski definition) is 2. The smallest absolute Gasteiger partial charge is 0.327 e. The maximum absolute atomic E-state index is 12.6. The van der Waals surface area contributed by atoms with Crippen LogP contribution in [-0.4, -0.2) is 69.4 Å². The van der Waals surface area contributed by atoms with E-state index in [4.69, 9.17) is 5.11 Å². The first-order valence-corrected chi connectivity index (χ1v) is 10.0. The summed E-state index contributed by atoms with van der Waals surface area (Å²) in [7, 11) is 0. The highest BCUT2D eigenvalue weighted by atomic mass is 32.2. The quantitative estimate of drug-likeness (QED) is 0.663. The van der Waals surface area contributed by atoms with Gasteiger partial charge in [-0.2, -0.15) is 11.8 Å². The van der Waals surface area contributed by atoms with Crippen LogP contribution in [0.15, 0.2) is 24.3 Å². The molecule has 144 valence electrons. The molecule has 0 aliphatic carbocycles. The minimum atomic E-state index is -1.11. The number of nitrogens with zero attached hydrogens (tertiary/aromatic N) is 2. The lowest BCUT2D eigenvalue weighted by molar-refractivity contribution is -0.141. The van der Waals surface area contributed by atoms with Crippen LogP contribution in [0.25, 0.3) is 0 Å². The minimum absolute atomic E-state index is 0.0571. The van der Waals surface area contributed by atoms with Crippen LogP contribution >= 0.6 is 11.8 Å². The third kappa shape index (κ3) is 3.92. The van der Waals surface area contributed by atoms with Gasteiger partial charge in [-0.3, -0.25) is 14.5 Å². The van der Waals surface area contributed by atoms with Gasteiger partial charge in [0.1, 0.15) is 12.1 Å². The van der Waals surface area contributed by atoms with Crippen LogP contribution in [0, 0.1) is 0 Å². The molecule has 9 heteroatoms. The van der Waals surface area contributed by atoms with E-state index in [1.165, 1.54) is 16.7 Å². The third-order valence-corrected chi connectivity index (χ3v) is 5.47. The summed E-state index contributed by atoms with van der Waals surface area (Å²) in [6.07, 6.45) is 2.10. The molecule has 0 radical (unpaired) electrons. The Morgan fingerprint density at radius 2 is 2.00 bits per heavy atom. The largest absolute Gasteiger partial charge is 0.480 e. The van der Waals surface area contributed by atoms with Gasteiger partial charge in [-0.1, -0.05) is 24.3 Å². The molecule has 1 fully saturated rings. The van der Waals surface area contributed by atoms with Gasteiger partial charge >= 0.3 is 12.0 Å². The molecule has 0 spiro atoms. The Kier molecular flexibility index (Phi) is 5.69. The molecule has 1 aromatic rings. The monoisotopic (exact) mass is 391 g/mol. The molecular formula is C18H21N3O5S. The number of carbonyl (C=O) groups is 4. The Hall–Kier alpha value is -2.55. The minimum Gasteiger partial charge on any atom is -0.480 e. The van der Waals surface area contributed by atoms with Crippen molar-refractivity contribution in [3.63, 3.8) is 0 Å². The number of aliphatic carboxylic acids is 1. The van der Waals surface area contributed by atoms with Gasteiger partial charge in [0.2, 0.25) is 5.91 Å². The standard InChI is InChI=1S/C18H21N3O5S/c1-27-10-13(17(24)25)19-15(22)6-7-20-16(23)14-8-11-4-2-3-5-12(11)9-21(14)18(20)26/h2-5,13-14H,6-10H2,1H3,(H,19,22)(H,24,25)/t13-,14-/m0/s1. The summed E-state index contributed by atoms with van der Waals surface area (Å²) >= 11 is 1.31. The van der Waals surface area contributed by atoms with Crippen molar-refractivity contribution in [2.45, 2.75) is 31.5 Å². The number of carbonyl (C=O) groups excluding carboxylic acids is 3. The third-order valence-electron chi connectivity index (χ3n) is 4.81. The molecule has 0 saturated carbocycles. The molecule has 0 aromatic heterocycles. The van der Waals surface area contributed by atoms with E-state index in [1.54, 1.807) is 6.26 Å². The highest BCUT2D eigenvalue weighted by molar-refractivity contribution is 7.98. The number of fused-ring (bicyclic) bond motifs is 2. The zero-order valence-corrected chi connectivity index (χ0v) is 15.7. The number of urea groups is 1. The van der Waals surface area contributed by atoms with Crippen molar-refractivity contribution in [1.29, 1.82) is 0 Å².